The molecule has 0 atom stereocenters. The van der Waals surface area contributed by atoms with Gasteiger partial charge in [0.2, 0.25) is 5.88 Å². The zero-order chi connectivity index (χ0) is 22.7. The first-order valence-corrected chi connectivity index (χ1v) is 10.5. The number of aromatic hydroxyl groups is 2. The molecule has 3 N–H and O–H groups in total. The predicted molar refractivity (Wildman–Crippen MR) is 117 cm³/mol. The lowest BCUT2D eigenvalue weighted by Crippen LogP contribution is -2.14. The quantitative estimate of drug-likeness (QED) is 0.497. The highest BCUT2D eigenvalue weighted by Crippen LogP contribution is 2.35. The summed E-state index contributed by atoms with van der Waals surface area (Å²) in [6.07, 6.45) is 4.25. The molecule has 0 aliphatic heterocycles. The Balaban J connectivity index is 1.52. The molecule has 1 aliphatic rings. The number of hydrogen-bond acceptors (Lipinski definition) is 5. The summed E-state index contributed by atoms with van der Waals surface area (Å²) in [4.78, 5) is 12.8. The van der Waals surface area contributed by atoms with Gasteiger partial charge in [0.15, 0.2) is 17.4 Å². The molecule has 1 amide bonds. The zero-order valence-corrected chi connectivity index (χ0v) is 17.7. The van der Waals surface area contributed by atoms with Crippen molar-refractivity contribution in [1.29, 1.82) is 0 Å². The molecule has 0 spiro atoms. The summed E-state index contributed by atoms with van der Waals surface area (Å²) in [5, 5.41) is 23.3. The van der Waals surface area contributed by atoms with Crippen LogP contribution >= 0.6 is 0 Å². The van der Waals surface area contributed by atoms with E-state index in [1.165, 1.54) is 22.8 Å². The molecule has 0 radical (unpaired) electrons. The van der Waals surface area contributed by atoms with Crippen LogP contribution in [0.3, 0.4) is 0 Å². The molecule has 8 heteroatoms. The number of rotatable bonds is 7. The summed E-state index contributed by atoms with van der Waals surface area (Å²) in [5.74, 6) is -0.476. The minimum atomic E-state index is -0.484. The number of halogens is 1. The molecule has 1 aromatic heterocycles. The fourth-order valence-corrected chi connectivity index (χ4v) is 3.88. The van der Waals surface area contributed by atoms with Gasteiger partial charge in [-0.2, -0.15) is 0 Å². The van der Waals surface area contributed by atoms with E-state index in [1.54, 1.807) is 37.4 Å². The maximum absolute atomic E-state index is 13.4. The highest BCUT2D eigenvalue weighted by molar-refractivity contribution is 6.05. The monoisotopic (exact) mass is 440 g/mol. The standard InChI is InChI=1S/C24H25FN2O5/c1-31-20-10-9-16(12-21(20)32-18-7-2-3-8-18)23(29)26-19-13-22(28)27(24(19)30)14-15-5-4-6-17(25)11-15/h4-6,9-13,18,28,30H,2-3,7-8,14H2,1H3,(H,26,29). The normalized spacial score (nSPS) is 13.8. The first-order chi connectivity index (χ1) is 15.4. The molecule has 1 fully saturated rings. The molecule has 1 heterocycles. The van der Waals surface area contributed by atoms with Crippen LogP contribution in [-0.2, 0) is 6.54 Å². The van der Waals surface area contributed by atoms with E-state index < -0.39 is 11.7 Å². The van der Waals surface area contributed by atoms with Crippen LogP contribution in [0.1, 0.15) is 41.6 Å². The number of methoxy groups -OCH3 is 1. The Bertz CT molecular complexity index is 1120. The summed E-state index contributed by atoms with van der Waals surface area (Å²) in [5.41, 5.74) is 0.904. The number of carbonyl (C=O) groups excluding carboxylic acids is 1. The van der Waals surface area contributed by atoms with Crippen molar-refractivity contribution in [1.82, 2.24) is 4.57 Å². The van der Waals surface area contributed by atoms with Gasteiger partial charge in [-0.1, -0.05) is 12.1 Å². The van der Waals surface area contributed by atoms with Crippen molar-refractivity contribution < 1.29 is 28.9 Å². The van der Waals surface area contributed by atoms with E-state index in [1.807, 2.05) is 0 Å². The Kier molecular flexibility index (Phi) is 6.20. The lowest BCUT2D eigenvalue weighted by atomic mass is 10.1. The number of ether oxygens (including phenoxy) is 2. The first kappa shape index (κ1) is 21.5. The van der Waals surface area contributed by atoms with Crippen molar-refractivity contribution in [3.8, 4) is 23.3 Å². The van der Waals surface area contributed by atoms with Gasteiger partial charge in [-0.25, -0.2) is 4.39 Å². The third-order valence-corrected chi connectivity index (χ3v) is 5.55. The summed E-state index contributed by atoms with van der Waals surface area (Å²) < 4.78 is 26.0. The molecule has 0 saturated heterocycles. The van der Waals surface area contributed by atoms with Crippen LogP contribution in [0.15, 0.2) is 48.5 Å². The molecular weight excluding hydrogens is 415 g/mol. The molecule has 1 saturated carbocycles. The fourth-order valence-electron chi connectivity index (χ4n) is 3.88. The maximum Gasteiger partial charge on any atom is 0.255 e. The molecule has 0 unspecified atom stereocenters. The van der Waals surface area contributed by atoms with Crippen molar-refractivity contribution in [2.45, 2.75) is 38.3 Å². The van der Waals surface area contributed by atoms with E-state index in [9.17, 15) is 19.4 Å². The molecule has 168 valence electrons. The number of nitrogens with one attached hydrogen (secondary N) is 1. The van der Waals surface area contributed by atoms with E-state index >= 15 is 0 Å². The first-order valence-electron chi connectivity index (χ1n) is 10.5. The number of nitrogens with zero attached hydrogens (tertiary/aromatic N) is 1. The van der Waals surface area contributed by atoms with Gasteiger partial charge in [-0.3, -0.25) is 9.36 Å². The molecule has 2 aromatic carbocycles. The Morgan fingerprint density at radius 3 is 2.62 bits per heavy atom. The molecule has 1 aliphatic carbocycles. The number of anilines is 1. The highest BCUT2D eigenvalue weighted by atomic mass is 19.1. The van der Waals surface area contributed by atoms with E-state index in [-0.39, 0.29) is 30.1 Å². The van der Waals surface area contributed by atoms with Gasteiger partial charge >= 0.3 is 0 Å². The molecule has 7 nitrogen and oxygen atoms in total. The van der Waals surface area contributed by atoms with Gasteiger partial charge < -0.3 is 25.0 Å². The van der Waals surface area contributed by atoms with E-state index in [4.69, 9.17) is 9.47 Å². The molecule has 32 heavy (non-hydrogen) atoms. The van der Waals surface area contributed by atoms with Crippen molar-refractivity contribution in [2.75, 3.05) is 12.4 Å². The van der Waals surface area contributed by atoms with Gasteiger partial charge in [0.25, 0.3) is 5.91 Å². The van der Waals surface area contributed by atoms with Gasteiger partial charge in [-0.05, 0) is 61.6 Å². The van der Waals surface area contributed by atoms with Crippen LogP contribution in [0.4, 0.5) is 10.1 Å². The zero-order valence-electron chi connectivity index (χ0n) is 17.7. The molecular formula is C24H25FN2O5. The Hall–Kier alpha value is -3.68. The predicted octanol–water partition coefficient (Wildman–Crippen LogP) is 4.67. The van der Waals surface area contributed by atoms with Crippen LogP contribution in [0.25, 0.3) is 0 Å². The van der Waals surface area contributed by atoms with Crippen LogP contribution < -0.4 is 14.8 Å². The average molecular weight is 440 g/mol. The van der Waals surface area contributed by atoms with Crippen molar-refractivity contribution >= 4 is 11.6 Å². The Labute approximate surface area is 185 Å². The van der Waals surface area contributed by atoms with Gasteiger partial charge in [0.1, 0.15) is 11.5 Å². The van der Waals surface area contributed by atoms with Crippen LogP contribution in [-0.4, -0.2) is 33.9 Å². The second kappa shape index (κ2) is 9.21. The van der Waals surface area contributed by atoms with E-state index in [2.05, 4.69) is 5.32 Å². The number of amides is 1. The minimum absolute atomic E-state index is 0.0349. The summed E-state index contributed by atoms with van der Waals surface area (Å²) >= 11 is 0. The molecule has 0 bridgehead atoms. The molecule has 4 rings (SSSR count). The lowest BCUT2D eigenvalue weighted by molar-refractivity contribution is 0.102. The third-order valence-electron chi connectivity index (χ3n) is 5.55. The number of aromatic nitrogens is 1. The second-order valence-electron chi connectivity index (χ2n) is 7.80. The fraction of sp³-hybridized carbons (Fsp3) is 0.292. The van der Waals surface area contributed by atoms with Crippen LogP contribution in [0.2, 0.25) is 0 Å². The lowest BCUT2D eigenvalue weighted by Gasteiger charge is -2.16. The average Bonchev–Trinajstić information content (AvgIpc) is 3.37. The summed E-state index contributed by atoms with van der Waals surface area (Å²) in [7, 11) is 1.54. The number of hydrogen-bond donors (Lipinski definition) is 3. The highest BCUT2D eigenvalue weighted by Gasteiger charge is 2.21. The largest absolute Gasteiger partial charge is 0.494 e. The Morgan fingerprint density at radius 1 is 1.12 bits per heavy atom. The molecule has 3 aromatic rings. The van der Waals surface area contributed by atoms with Crippen LogP contribution in [0.5, 0.6) is 23.3 Å². The van der Waals surface area contributed by atoms with E-state index in [0.29, 0.717) is 22.6 Å². The van der Waals surface area contributed by atoms with Crippen LogP contribution in [0, 0.1) is 5.82 Å². The van der Waals surface area contributed by atoms with Gasteiger partial charge in [-0.15, -0.1) is 0 Å². The third kappa shape index (κ3) is 4.64. The number of carbonyl (C=O) groups is 1. The van der Waals surface area contributed by atoms with Gasteiger partial charge in [0.05, 0.1) is 19.8 Å². The number of benzene rings is 2. The SMILES string of the molecule is COc1ccc(C(=O)Nc2cc(O)n(Cc3cccc(F)c3)c2O)cc1OC1CCCC1. The van der Waals surface area contributed by atoms with Crippen molar-refractivity contribution in [3.05, 3.63) is 65.5 Å². The van der Waals surface area contributed by atoms with Gasteiger partial charge in [0, 0.05) is 11.6 Å². The van der Waals surface area contributed by atoms with E-state index in [0.717, 1.165) is 25.7 Å². The second-order valence-corrected chi connectivity index (χ2v) is 7.80. The Morgan fingerprint density at radius 2 is 1.91 bits per heavy atom. The maximum atomic E-state index is 13.4. The minimum Gasteiger partial charge on any atom is -0.494 e. The van der Waals surface area contributed by atoms with Crippen molar-refractivity contribution in [3.63, 3.8) is 0 Å². The topological polar surface area (TPSA) is 93.0 Å². The summed E-state index contributed by atoms with van der Waals surface area (Å²) in [6.45, 7) is 0.0349. The smallest absolute Gasteiger partial charge is 0.255 e. The van der Waals surface area contributed by atoms with Crippen molar-refractivity contribution in [2.24, 2.45) is 0 Å². The summed E-state index contributed by atoms with van der Waals surface area (Å²) in [6, 6.07) is 11.9.